The molecule has 0 aromatic heterocycles. The number of rotatable bonds is 3. The largest absolute Gasteiger partial charge is 0.445 e. The lowest BCUT2D eigenvalue weighted by atomic mass is 10.2. The second-order valence-corrected chi connectivity index (χ2v) is 4.21. The lowest BCUT2D eigenvalue weighted by molar-refractivity contribution is -0.0235. The highest BCUT2D eigenvalue weighted by Crippen LogP contribution is 2.08. The third-order valence-electron chi connectivity index (χ3n) is 2.87. The maximum absolute atomic E-state index is 11.8. The molecule has 18 heavy (non-hydrogen) atoms. The summed E-state index contributed by atoms with van der Waals surface area (Å²) in [6.45, 7) is 2.29. The van der Waals surface area contributed by atoms with Crippen LogP contribution in [-0.4, -0.2) is 43.3 Å². The Kier molecular flexibility index (Phi) is 4.55. The molecule has 0 saturated carbocycles. The molecule has 1 aliphatic rings. The molecule has 1 aromatic carbocycles. The van der Waals surface area contributed by atoms with Gasteiger partial charge in [0, 0.05) is 13.1 Å². The second-order valence-electron chi connectivity index (χ2n) is 4.21. The zero-order chi connectivity index (χ0) is 12.8. The smallest absolute Gasteiger partial charge is 0.410 e. The molecule has 0 bridgehead atoms. The molecule has 1 atom stereocenters. The number of nitrogens with two attached hydrogens (primary N) is 1. The molecule has 1 fully saturated rings. The Hall–Kier alpha value is -1.59. The first-order valence-electron chi connectivity index (χ1n) is 6.07. The van der Waals surface area contributed by atoms with Crippen LogP contribution in [0.1, 0.15) is 5.56 Å². The number of amides is 1. The fraction of sp³-hybridized carbons (Fsp3) is 0.462. The van der Waals surface area contributed by atoms with E-state index >= 15 is 0 Å². The molecular formula is C13H18N2O3. The minimum absolute atomic E-state index is 0.0805. The van der Waals surface area contributed by atoms with Gasteiger partial charge in [-0.25, -0.2) is 4.79 Å². The summed E-state index contributed by atoms with van der Waals surface area (Å²) in [5.74, 6) is 0. The van der Waals surface area contributed by atoms with Gasteiger partial charge < -0.3 is 20.1 Å². The van der Waals surface area contributed by atoms with E-state index < -0.39 is 0 Å². The van der Waals surface area contributed by atoms with E-state index in [0.29, 0.717) is 32.8 Å². The van der Waals surface area contributed by atoms with Gasteiger partial charge in [-0.3, -0.25) is 0 Å². The van der Waals surface area contributed by atoms with Gasteiger partial charge in [0.05, 0.1) is 19.3 Å². The summed E-state index contributed by atoms with van der Waals surface area (Å²) in [5.41, 5.74) is 6.51. The predicted octanol–water partition coefficient (Wildman–Crippen LogP) is 0.983. The van der Waals surface area contributed by atoms with Crippen LogP contribution in [0.3, 0.4) is 0 Å². The Balaban J connectivity index is 1.81. The number of morpholine rings is 1. The van der Waals surface area contributed by atoms with Crippen molar-refractivity contribution in [2.45, 2.75) is 12.7 Å². The molecule has 1 heterocycles. The van der Waals surface area contributed by atoms with Gasteiger partial charge in [-0.1, -0.05) is 30.3 Å². The number of benzene rings is 1. The van der Waals surface area contributed by atoms with Crippen LogP contribution in [0.25, 0.3) is 0 Å². The van der Waals surface area contributed by atoms with E-state index in [9.17, 15) is 4.79 Å². The van der Waals surface area contributed by atoms with Crippen LogP contribution in [0, 0.1) is 0 Å². The number of ether oxygens (including phenoxy) is 2. The summed E-state index contributed by atoms with van der Waals surface area (Å²) < 4.78 is 10.6. The highest BCUT2D eigenvalue weighted by Gasteiger charge is 2.24. The van der Waals surface area contributed by atoms with Crippen LogP contribution in [0.15, 0.2) is 30.3 Å². The average molecular weight is 250 g/mol. The van der Waals surface area contributed by atoms with Gasteiger partial charge in [-0.15, -0.1) is 0 Å². The first kappa shape index (κ1) is 12.9. The Bertz CT molecular complexity index is 383. The quantitative estimate of drug-likeness (QED) is 0.868. The van der Waals surface area contributed by atoms with Crippen LogP contribution >= 0.6 is 0 Å². The number of carbonyl (C=O) groups is 1. The standard InChI is InChI=1S/C13H18N2O3/c14-8-12-9-15(6-7-17-12)13(16)18-10-11-4-2-1-3-5-11/h1-5,12H,6-10,14H2. The maximum atomic E-state index is 11.8. The van der Waals surface area contributed by atoms with E-state index in [1.807, 2.05) is 30.3 Å². The van der Waals surface area contributed by atoms with E-state index in [1.54, 1.807) is 4.90 Å². The van der Waals surface area contributed by atoms with Gasteiger partial charge >= 0.3 is 6.09 Å². The van der Waals surface area contributed by atoms with Crippen LogP contribution in [0.4, 0.5) is 4.79 Å². The highest BCUT2D eigenvalue weighted by molar-refractivity contribution is 5.67. The Morgan fingerprint density at radius 1 is 1.44 bits per heavy atom. The molecule has 1 saturated heterocycles. The molecule has 0 spiro atoms. The zero-order valence-corrected chi connectivity index (χ0v) is 10.2. The molecular weight excluding hydrogens is 232 g/mol. The van der Waals surface area contributed by atoms with Gasteiger partial charge in [0.25, 0.3) is 0 Å². The fourth-order valence-electron chi connectivity index (χ4n) is 1.84. The van der Waals surface area contributed by atoms with E-state index in [4.69, 9.17) is 15.2 Å². The number of nitrogens with zero attached hydrogens (tertiary/aromatic N) is 1. The number of hydrogen-bond acceptors (Lipinski definition) is 4. The van der Waals surface area contributed by atoms with Crippen molar-refractivity contribution in [3.63, 3.8) is 0 Å². The fourth-order valence-corrected chi connectivity index (χ4v) is 1.84. The lowest BCUT2D eigenvalue weighted by Crippen LogP contribution is -2.48. The SMILES string of the molecule is NCC1CN(C(=O)OCc2ccccc2)CCO1. The number of carbonyl (C=O) groups excluding carboxylic acids is 1. The van der Waals surface area contributed by atoms with Crippen LogP contribution in [0.2, 0.25) is 0 Å². The molecule has 1 unspecified atom stereocenters. The maximum Gasteiger partial charge on any atom is 0.410 e. The van der Waals surface area contributed by atoms with Crippen molar-refractivity contribution >= 4 is 6.09 Å². The molecule has 1 amide bonds. The minimum Gasteiger partial charge on any atom is -0.445 e. The Morgan fingerprint density at radius 3 is 2.94 bits per heavy atom. The van der Waals surface area contributed by atoms with Gasteiger partial charge in [0.15, 0.2) is 0 Å². The summed E-state index contributed by atoms with van der Waals surface area (Å²) in [6, 6.07) is 9.62. The molecule has 0 aliphatic carbocycles. The van der Waals surface area contributed by atoms with Gasteiger partial charge in [-0.2, -0.15) is 0 Å². The third kappa shape index (κ3) is 3.45. The van der Waals surface area contributed by atoms with E-state index in [0.717, 1.165) is 5.56 Å². The van der Waals surface area contributed by atoms with Crippen LogP contribution in [-0.2, 0) is 16.1 Å². The lowest BCUT2D eigenvalue weighted by Gasteiger charge is -2.31. The number of hydrogen-bond donors (Lipinski definition) is 1. The van der Waals surface area contributed by atoms with Crippen molar-refractivity contribution in [3.05, 3.63) is 35.9 Å². The van der Waals surface area contributed by atoms with Crippen molar-refractivity contribution in [3.8, 4) is 0 Å². The van der Waals surface area contributed by atoms with Crippen molar-refractivity contribution in [2.24, 2.45) is 5.73 Å². The molecule has 5 heteroatoms. The monoisotopic (exact) mass is 250 g/mol. The predicted molar refractivity (Wildman–Crippen MR) is 67.0 cm³/mol. The van der Waals surface area contributed by atoms with Gasteiger partial charge in [-0.05, 0) is 5.56 Å². The first-order valence-corrected chi connectivity index (χ1v) is 6.07. The minimum atomic E-state index is -0.305. The summed E-state index contributed by atoms with van der Waals surface area (Å²) in [7, 11) is 0. The average Bonchev–Trinajstić information content (AvgIpc) is 2.46. The molecule has 1 aromatic rings. The van der Waals surface area contributed by atoms with Crippen molar-refractivity contribution in [2.75, 3.05) is 26.2 Å². The molecule has 1 aliphatic heterocycles. The summed E-state index contributed by atoms with van der Waals surface area (Å²) >= 11 is 0. The van der Waals surface area contributed by atoms with E-state index in [-0.39, 0.29) is 12.2 Å². The summed E-state index contributed by atoms with van der Waals surface area (Å²) in [6.07, 6.45) is -0.386. The van der Waals surface area contributed by atoms with Gasteiger partial charge in [0.2, 0.25) is 0 Å². The molecule has 5 nitrogen and oxygen atoms in total. The highest BCUT2D eigenvalue weighted by atomic mass is 16.6. The normalized spacial score (nSPS) is 19.6. The van der Waals surface area contributed by atoms with Crippen LogP contribution in [0.5, 0.6) is 0 Å². The van der Waals surface area contributed by atoms with E-state index in [2.05, 4.69) is 0 Å². The van der Waals surface area contributed by atoms with Crippen molar-refractivity contribution in [1.82, 2.24) is 4.90 Å². The summed E-state index contributed by atoms with van der Waals surface area (Å²) in [4.78, 5) is 13.5. The molecule has 2 N–H and O–H groups in total. The Labute approximate surface area is 106 Å². The molecule has 0 radical (unpaired) electrons. The topological polar surface area (TPSA) is 64.8 Å². The molecule has 2 rings (SSSR count). The summed E-state index contributed by atoms with van der Waals surface area (Å²) in [5, 5.41) is 0. The first-order chi connectivity index (χ1) is 8.79. The van der Waals surface area contributed by atoms with Crippen LogP contribution < -0.4 is 5.73 Å². The van der Waals surface area contributed by atoms with E-state index in [1.165, 1.54) is 0 Å². The molecule has 98 valence electrons. The Morgan fingerprint density at radius 2 is 2.22 bits per heavy atom. The third-order valence-corrected chi connectivity index (χ3v) is 2.87. The van der Waals surface area contributed by atoms with Crippen molar-refractivity contribution in [1.29, 1.82) is 0 Å². The van der Waals surface area contributed by atoms with Crippen molar-refractivity contribution < 1.29 is 14.3 Å². The second kappa shape index (κ2) is 6.37. The van der Waals surface area contributed by atoms with Gasteiger partial charge in [0.1, 0.15) is 6.61 Å². The zero-order valence-electron chi connectivity index (χ0n) is 10.2.